The number of amides is 1. The zero-order chi connectivity index (χ0) is 20.3. The Balaban J connectivity index is 1.50. The van der Waals surface area contributed by atoms with E-state index in [1.807, 2.05) is 0 Å². The summed E-state index contributed by atoms with van der Waals surface area (Å²) in [6, 6.07) is 1.74. The van der Waals surface area contributed by atoms with Crippen LogP contribution in [-0.4, -0.2) is 26.9 Å². The van der Waals surface area contributed by atoms with Crippen molar-refractivity contribution in [1.82, 2.24) is 20.3 Å². The van der Waals surface area contributed by atoms with Gasteiger partial charge in [0.05, 0.1) is 10.9 Å². The number of carbonyl (C=O) groups excluding carboxylic acids is 1. The van der Waals surface area contributed by atoms with Crippen molar-refractivity contribution < 1.29 is 4.79 Å². The maximum Gasteiger partial charge on any atom is 0.327 e. The van der Waals surface area contributed by atoms with Gasteiger partial charge in [0.2, 0.25) is 0 Å². The zero-order valence-corrected chi connectivity index (χ0v) is 17.0. The average Bonchev–Trinajstić information content (AvgIpc) is 2.63. The molecule has 2 heterocycles. The van der Waals surface area contributed by atoms with Crippen LogP contribution in [0.1, 0.15) is 67.9 Å². The van der Waals surface area contributed by atoms with Crippen LogP contribution in [-0.2, 0) is 0 Å². The van der Waals surface area contributed by atoms with E-state index in [-0.39, 0.29) is 34.0 Å². The predicted molar refractivity (Wildman–Crippen MR) is 110 cm³/mol. The highest BCUT2D eigenvalue weighted by molar-refractivity contribution is 6.05. The third kappa shape index (κ3) is 3.02. The molecule has 0 saturated heterocycles. The number of H-pyrrole nitrogens is 2. The third-order valence-corrected chi connectivity index (χ3v) is 7.62. The first-order valence-electron chi connectivity index (χ1n) is 10.8. The molecule has 6 rings (SSSR count). The molecule has 154 valence electrons. The standard InChI is InChI=1S/C22H28N4O3/c1-3-16(22-8-12-5-13(9-22)7-14(6-12)10-22)24-19(27)15-4-11(2)23-18-17(15)20(28)26-21(29)25-18/h4,12-14,16H,3,5-10H2,1-2H3,(H,24,27)(H2,23,25,26,28,29)/t12?,13?,14?,16-,22?/m1/s1. The van der Waals surface area contributed by atoms with Crippen LogP contribution in [0.4, 0.5) is 0 Å². The van der Waals surface area contributed by atoms with Crippen molar-refractivity contribution in [3.8, 4) is 0 Å². The molecule has 1 atom stereocenters. The second-order valence-electron chi connectivity index (χ2n) is 9.66. The summed E-state index contributed by atoms with van der Waals surface area (Å²) in [5, 5.41) is 3.44. The summed E-state index contributed by atoms with van der Waals surface area (Å²) in [7, 11) is 0. The van der Waals surface area contributed by atoms with Crippen molar-refractivity contribution >= 4 is 16.9 Å². The average molecular weight is 396 g/mol. The van der Waals surface area contributed by atoms with Crippen LogP contribution in [0, 0.1) is 30.1 Å². The molecule has 2 aromatic rings. The number of pyridine rings is 1. The molecular formula is C22H28N4O3. The zero-order valence-electron chi connectivity index (χ0n) is 17.0. The lowest BCUT2D eigenvalue weighted by Gasteiger charge is -2.59. The van der Waals surface area contributed by atoms with Gasteiger partial charge in [-0.05, 0) is 81.1 Å². The summed E-state index contributed by atoms with van der Waals surface area (Å²) in [5.41, 5.74) is 0.0282. The second-order valence-corrected chi connectivity index (χ2v) is 9.66. The summed E-state index contributed by atoms with van der Waals surface area (Å²) in [5.74, 6) is 2.18. The first-order chi connectivity index (χ1) is 13.9. The number of aromatic amines is 2. The van der Waals surface area contributed by atoms with E-state index in [9.17, 15) is 14.4 Å². The summed E-state index contributed by atoms with van der Waals surface area (Å²) in [4.78, 5) is 46.4. The van der Waals surface area contributed by atoms with Crippen molar-refractivity contribution in [1.29, 1.82) is 0 Å². The fourth-order valence-corrected chi connectivity index (χ4v) is 7.01. The molecule has 2 aromatic heterocycles. The van der Waals surface area contributed by atoms with Gasteiger partial charge in [0, 0.05) is 11.7 Å². The molecule has 4 aliphatic carbocycles. The second kappa shape index (κ2) is 6.54. The van der Waals surface area contributed by atoms with Crippen LogP contribution in [0.15, 0.2) is 15.7 Å². The van der Waals surface area contributed by atoms with Crippen LogP contribution in [0.3, 0.4) is 0 Å². The van der Waals surface area contributed by atoms with Crippen LogP contribution >= 0.6 is 0 Å². The van der Waals surface area contributed by atoms with Gasteiger partial charge in [-0.3, -0.25) is 19.6 Å². The van der Waals surface area contributed by atoms with Crippen LogP contribution in [0.2, 0.25) is 0 Å². The van der Waals surface area contributed by atoms with Gasteiger partial charge in [-0.1, -0.05) is 6.92 Å². The quantitative estimate of drug-likeness (QED) is 0.738. The van der Waals surface area contributed by atoms with Gasteiger partial charge in [0.1, 0.15) is 5.65 Å². The Labute approximate surface area is 168 Å². The van der Waals surface area contributed by atoms with Crippen molar-refractivity contribution in [2.24, 2.45) is 23.2 Å². The maximum atomic E-state index is 13.3. The summed E-state index contributed by atoms with van der Waals surface area (Å²) in [6.07, 6.45) is 8.60. The largest absolute Gasteiger partial charge is 0.349 e. The summed E-state index contributed by atoms with van der Waals surface area (Å²) < 4.78 is 0. The molecule has 0 unspecified atom stereocenters. The number of carbonyl (C=O) groups is 1. The lowest BCUT2D eigenvalue weighted by molar-refractivity contribution is -0.0727. The first-order valence-corrected chi connectivity index (χ1v) is 10.8. The lowest BCUT2D eigenvalue weighted by Crippen LogP contribution is -2.56. The van der Waals surface area contributed by atoms with E-state index in [4.69, 9.17) is 0 Å². The molecule has 7 heteroatoms. The van der Waals surface area contributed by atoms with Crippen molar-refractivity contribution in [3.63, 3.8) is 0 Å². The summed E-state index contributed by atoms with van der Waals surface area (Å²) in [6.45, 7) is 3.90. The molecule has 0 radical (unpaired) electrons. The van der Waals surface area contributed by atoms with Crippen LogP contribution in [0.25, 0.3) is 11.0 Å². The minimum atomic E-state index is -0.619. The number of nitrogens with one attached hydrogen (secondary N) is 3. The monoisotopic (exact) mass is 396 g/mol. The van der Waals surface area contributed by atoms with E-state index in [1.165, 1.54) is 38.5 Å². The Bertz CT molecular complexity index is 1060. The van der Waals surface area contributed by atoms with Crippen molar-refractivity contribution in [2.75, 3.05) is 0 Å². The van der Waals surface area contributed by atoms with Crippen LogP contribution in [0.5, 0.6) is 0 Å². The fourth-order valence-electron chi connectivity index (χ4n) is 7.01. The highest BCUT2D eigenvalue weighted by Gasteiger charge is 2.54. The lowest BCUT2D eigenvalue weighted by atomic mass is 9.47. The number of rotatable bonds is 4. The van der Waals surface area contributed by atoms with Crippen LogP contribution < -0.4 is 16.6 Å². The summed E-state index contributed by atoms with van der Waals surface area (Å²) >= 11 is 0. The van der Waals surface area contributed by atoms with Gasteiger partial charge in [-0.25, -0.2) is 9.78 Å². The molecule has 4 fully saturated rings. The predicted octanol–water partition coefficient (Wildman–Crippen LogP) is 2.64. The minimum Gasteiger partial charge on any atom is -0.349 e. The fraction of sp³-hybridized carbons (Fsp3) is 0.636. The van der Waals surface area contributed by atoms with E-state index in [2.05, 4.69) is 27.2 Å². The Morgan fingerprint density at radius 1 is 1.17 bits per heavy atom. The molecular weight excluding hydrogens is 368 g/mol. The highest BCUT2D eigenvalue weighted by atomic mass is 16.2. The van der Waals surface area contributed by atoms with Crippen molar-refractivity contribution in [3.05, 3.63) is 38.2 Å². The number of hydrogen-bond donors (Lipinski definition) is 3. The molecule has 0 aromatic carbocycles. The van der Waals surface area contributed by atoms with E-state index >= 15 is 0 Å². The minimum absolute atomic E-state index is 0.105. The van der Waals surface area contributed by atoms with E-state index in [0.717, 1.165) is 24.2 Å². The van der Waals surface area contributed by atoms with Gasteiger partial charge in [0.15, 0.2) is 0 Å². The number of aryl methyl sites for hydroxylation is 1. The molecule has 4 saturated carbocycles. The van der Waals surface area contributed by atoms with Gasteiger partial charge in [-0.2, -0.15) is 0 Å². The molecule has 3 N–H and O–H groups in total. The maximum absolute atomic E-state index is 13.3. The Morgan fingerprint density at radius 3 is 2.38 bits per heavy atom. The Hall–Kier alpha value is -2.44. The van der Waals surface area contributed by atoms with Gasteiger partial charge in [0.25, 0.3) is 11.5 Å². The van der Waals surface area contributed by atoms with E-state index in [1.54, 1.807) is 13.0 Å². The third-order valence-electron chi connectivity index (χ3n) is 7.62. The molecule has 4 aliphatic rings. The number of hydrogen-bond acceptors (Lipinski definition) is 4. The Morgan fingerprint density at radius 2 is 1.79 bits per heavy atom. The number of aromatic nitrogens is 3. The molecule has 4 bridgehead atoms. The molecule has 0 spiro atoms. The Kier molecular flexibility index (Phi) is 4.19. The normalized spacial score (nSPS) is 31.2. The molecule has 7 nitrogen and oxygen atoms in total. The van der Waals surface area contributed by atoms with E-state index < -0.39 is 11.2 Å². The van der Waals surface area contributed by atoms with Gasteiger partial charge in [-0.15, -0.1) is 0 Å². The van der Waals surface area contributed by atoms with Gasteiger partial charge < -0.3 is 5.32 Å². The smallest absolute Gasteiger partial charge is 0.327 e. The molecule has 29 heavy (non-hydrogen) atoms. The first kappa shape index (κ1) is 18.6. The SMILES string of the molecule is CC[C@@H](NC(=O)c1cc(C)nc2[nH]c(=O)[nH]c(=O)c12)C12CC3CC(CC(C3)C1)C2. The van der Waals surface area contributed by atoms with Crippen molar-refractivity contribution in [2.45, 2.75) is 64.8 Å². The number of fused-ring (bicyclic) bond motifs is 1. The number of nitrogens with zero attached hydrogens (tertiary/aromatic N) is 1. The topological polar surface area (TPSA) is 108 Å². The van der Waals surface area contributed by atoms with Gasteiger partial charge >= 0.3 is 5.69 Å². The van der Waals surface area contributed by atoms with E-state index in [0.29, 0.717) is 5.69 Å². The molecule has 1 amide bonds. The molecule has 0 aliphatic heterocycles. The highest BCUT2D eigenvalue weighted by Crippen LogP contribution is 2.61.